The molecule has 14 rings (SSSR count). The fourth-order valence-electron chi connectivity index (χ4n) is 13.1. The summed E-state index contributed by atoms with van der Waals surface area (Å²) in [5, 5.41) is 1.68. The third-order valence-corrected chi connectivity index (χ3v) is 21.2. The Morgan fingerprint density at radius 2 is 0.851 bits per heavy atom. The second-order valence-corrected chi connectivity index (χ2v) is 25.0. The van der Waals surface area contributed by atoms with Crippen LogP contribution in [0.25, 0.3) is 89.1 Å². The van der Waals surface area contributed by atoms with Crippen molar-refractivity contribution in [1.82, 2.24) is 9.13 Å². The summed E-state index contributed by atoms with van der Waals surface area (Å²) in [4.78, 5) is 4.74. The lowest BCUT2D eigenvalue weighted by molar-refractivity contribution is 0.898. The van der Waals surface area contributed by atoms with Gasteiger partial charge in [0.2, 0.25) is 0 Å². The van der Waals surface area contributed by atoms with Gasteiger partial charge in [0.05, 0.1) is 11.2 Å². The zero-order valence-electron chi connectivity index (χ0n) is 47.3. The van der Waals surface area contributed by atoms with Crippen LogP contribution < -0.4 is 65.6 Å². The highest BCUT2D eigenvalue weighted by Gasteiger charge is 2.36. The molecule has 15 heteroatoms. The fourth-order valence-corrected chi connectivity index (χ4v) is 17.1. The van der Waals surface area contributed by atoms with Gasteiger partial charge in [-0.25, -0.2) is 0 Å². The Morgan fingerprint density at radius 1 is 0.379 bits per heavy atom. The van der Waals surface area contributed by atoms with Crippen LogP contribution in [0, 0.1) is 12.1 Å². The van der Waals surface area contributed by atoms with E-state index in [1.165, 1.54) is 20.3 Å². The van der Waals surface area contributed by atoms with Gasteiger partial charge in [0, 0.05) is 75.0 Å². The third kappa shape index (κ3) is 8.67. The van der Waals surface area contributed by atoms with Crippen LogP contribution in [0.5, 0.6) is 0 Å². The summed E-state index contributed by atoms with van der Waals surface area (Å²) >= 11 is 0. The van der Waals surface area contributed by atoms with Crippen molar-refractivity contribution < 1.29 is 0 Å². The molecule has 0 saturated carbocycles. The molecule has 1 aliphatic carbocycles. The molecule has 0 bridgehead atoms. The lowest BCUT2D eigenvalue weighted by Crippen LogP contribution is -2.56. The smallest absolute Gasteiger partial charge is 0.115 e. The minimum absolute atomic E-state index is 0.00498. The molecule has 378 valence electrons. The molecule has 11 aromatic carbocycles. The van der Waals surface area contributed by atoms with Gasteiger partial charge in [-0.3, -0.25) is 0 Å². The van der Waals surface area contributed by atoms with Gasteiger partial charge in [-0.1, -0.05) is 172 Å². The maximum atomic E-state index is 7.39. The van der Waals surface area contributed by atoms with Crippen molar-refractivity contribution in [2.24, 2.45) is 0 Å². The van der Waals surface area contributed by atoms with Crippen molar-refractivity contribution in [1.29, 1.82) is 0 Å². The quantitative estimate of drug-likeness (QED) is 0.177. The second kappa shape index (κ2) is 22.0. The lowest BCUT2D eigenvalue weighted by Gasteiger charge is -2.42. The average molecular weight is 1090 g/mol. The molecule has 0 N–H and O–H groups in total. The largest absolute Gasteiger partial charge is 0.312 e. The Kier molecular flexibility index (Phi) is 14.2. The summed E-state index contributed by atoms with van der Waals surface area (Å²) in [5.41, 5.74) is 12.8. The number of hydrogen-bond donors (Lipinski definition) is 0. The van der Waals surface area contributed by atoms with Gasteiger partial charge in [-0.05, 0) is 131 Å². The van der Waals surface area contributed by atoms with E-state index in [-0.39, 0.29) is 76.7 Å². The Hall–Kier alpha value is -8.55. The van der Waals surface area contributed by atoms with Crippen molar-refractivity contribution in [2.75, 3.05) is 0 Å². The highest BCUT2D eigenvalue weighted by molar-refractivity contribution is 8.34. The van der Waals surface area contributed by atoms with Gasteiger partial charge in [0.1, 0.15) is 94.2 Å². The first-order chi connectivity index (χ1) is 42.2. The first-order valence-corrected chi connectivity index (χ1v) is 30.0. The molecule has 0 amide bonds. The molecule has 2 heterocycles. The standard InChI is InChI=1S/C72H38B12N2S/c73-58-54(55-59(74)63(78)66(81)64(79)60(55)75)61(76)68(83)71-56(58)57-62(77)65(80)67(82)69(84)72(57)85(71)43-32-34-53-51(36-43)50-35-42(39-19-7-1-8-20-39)31-33-52(50)86(53)70-48(40-21-9-2-10-22-40)37-47(38-49(70)41-23-11-3-12-24-41)87(44-25-13-4-14-26-44,45-27-15-5-16-28-45)46-29-17-6-18-30-46/h1-11,13-23,25-30,32,34-38H,31,33H2. The van der Waals surface area contributed by atoms with Gasteiger partial charge in [0.15, 0.2) is 0 Å². The first kappa shape index (κ1) is 56.3. The Morgan fingerprint density at radius 3 is 1.41 bits per heavy atom. The van der Waals surface area contributed by atoms with Crippen LogP contribution in [-0.4, -0.2) is 103 Å². The number of nitrogens with zero attached hydrogens (tertiary/aromatic N) is 2. The van der Waals surface area contributed by atoms with E-state index in [1.807, 2.05) is 28.8 Å². The van der Waals surface area contributed by atoms with E-state index in [0.717, 1.165) is 67.0 Å². The van der Waals surface area contributed by atoms with E-state index in [2.05, 4.69) is 199 Å². The van der Waals surface area contributed by atoms with Gasteiger partial charge in [-0.2, -0.15) is 0 Å². The van der Waals surface area contributed by atoms with E-state index in [9.17, 15) is 0 Å². The molecule has 13 aromatic rings. The molecule has 0 unspecified atom stereocenters. The normalized spacial score (nSPS) is 12.5. The summed E-state index contributed by atoms with van der Waals surface area (Å²) in [6.45, 7) is 0. The van der Waals surface area contributed by atoms with E-state index >= 15 is 0 Å². The molecule has 87 heavy (non-hydrogen) atoms. The number of rotatable bonds is 10. The Labute approximate surface area is 525 Å². The van der Waals surface area contributed by atoms with Crippen LogP contribution in [-0.2, 0) is 6.42 Å². The van der Waals surface area contributed by atoms with Gasteiger partial charge < -0.3 is 9.13 Å². The molecule has 24 radical (unpaired) electrons. The van der Waals surface area contributed by atoms with E-state index in [0.29, 0.717) is 33.9 Å². The van der Waals surface area contributed by atoms with Gasteiger partial charge >= 0.3 is 0 Å². The molecule has 0 atom stereocenters. The molecular weight excluding hydrogens is 1050 g/mol. The minimum Gasteiger partial charge on any atom is -0.312 e. The van der Waals surface area contributed by atoms with Crippen LogP contribution >= 0.6 is 10.0 Å². The molecule has 0 saturated heterocycles. The van der Waals surface area contributed by atoms with E-state index < -0.39 is 10.0 Å². The van der Waals surface area contributed by atoms with Crippen LogP contribution in [0.3, 0.4) is 0 Å². The highest BCUT2D eigenvalue weighted by atomic mass is 32.3. The molecule has 1 aliphatic rings. The highest BCUT2D eigenvalue weighted by Crippen LogP contribution is 2.74. The number of aromatic nitrogens is 2. The molecule has 2 aromatic heterocycles. The summed E-state index contributed by atoms with van der Waals surface area (Å²) in [7, 11) is 80.1. The lowest BCUT2D eigenvalue weighted by atomic mass is 9.57. The molecule has 0 aliphatic heterocycles. The van der Waals surface area contributed by atoms with Gasteiger partial charge in [-0.15, -0.1) is 37.3 Å². The predicted octanol–water partition coefficient (Wildman–Crippen LogP) is 4.68. The van der Waals surface area contributed by atoms with E-state index in [1.54, 1.807) is 0 Å². The Bertz CT molecular complexity index is 4790. The minimum atomic E-state index is -2.21. The van der Waals surface area contributed by atoms with Crippen molar-refractivity contribution in [3.8, 4) is 44.8 Å². The van der Waals surface area contributed by atoms with Crippen LogP contribution in [0.4, 0.5) is 0 Å². The number of allylic oxidation sites excluding steroid dienone is 1. The van der Waals surface area contributed by atoms with Gasteiger partial charge in [0.25, 0.3) is 0 Å². The molecule has 0 fully saturated rings. The van der Waals surface area contributed by atoms with Crippen molar-refractivity contribution >= 4 is 214 Å². The summed E-state index contributed by atoms with van der Waals surface area (Å²) in [6, 6.07) is 78.1. The zero-order valence-corrected chi connectivity index (χ0v) is 48.1. The monoisotopic (exact) mass is 1090 g/mol. The predicted molar refractivity (Wildman–Crippen MR) is 379 cm³/mol. The SMILES string of the molecule is [B]c1c([B])c([B])c(-c2c([B])c([B])c3c(c2[B])c2c([B])c([B])c([B])c([B])c2n3-c2ccc3c(c2)c2c(n3-c3c(-c4c#cccc4)cc(S(c4ccccc4)(c4ccccc4)c4ccccc4)cc3-c3ccccc3)CCC(c3ccccc3)=C2)c([B])c1[B]. The van der Waals surface area contributed by atoms with Crippen molar-refractivity contribution in [3.63, 3.8) is 0 Å². The summed E-state index contributed by atoms with van der Waals surface area (Å²) in [5.74, 6) is 0. The fraction of sp³-hybridized carbons (Fsp3) is 0.0278. The molecule has 2 nitrogen and oxygen atoms in total. The second-order valence-electron chi connectivity index (χ2n) is 21.9. The van der Waals surface area contributed by atoms with Crippen LogP contribution in [0.1, 0.15) is 23.2 Å². The van der Waals surface area contributed by atoms with Crippen molar-refractivity contribution in [2.45, 2.75) is 32.4 Å². The maximum Gasteiger partial charge on any atom is 0.115 e. The zero-order chi connectivity index (χ0) is 60.2. The number of fused-ring (bicyclic) bond motifs is 6. The summed E-state index contributed by atoms with van der Waals surface area (Å²) < 4.78 is 4.37. The van der Waals surface area contributed by atoms with Crippen LogP contribution in [0.2, 0.25) is 0 Å². The van der Waals surface area contributed by atoms with Crippen LogP contribution in [0.15, 0.2) is 220 Å². The number of hydrogen-bond acceptors (Lipinski definition) is 0. The molecular formula is C72H38B12N2S. The molecule has 0 spiro atoms. The number of benzene rings is 10. The third-order valence-electron chi connectivity index (χ3n) is 17.3. The van der Waals surface area contributed by atoms with E-state index in [4.69, 9.17) is 94.2 Å². The van der Waals surface area contributed by atoms with Crippen molar-refractivity contribution in [3.05, 3.63) is 229 Å². The first-order valence-electron chi connectivity index (χ1n) is 28.3. The summed E-state index contributed by atoms with van der Waals surface area (Å²) in [6.07, 6.45) is 3.79. The Balaban J connectivity index is 1.13. The maximum absolute atomic E-state index is 7.39. The average Bonchev–Trinajstić information content (AvgIpc) is 1.91. The topological polar surface area (TPSA) is 9.86 Å².